The van der Waals surface area contributed by atoms with Gasteiger partial charge < -0.3 is 10.1 Å². The highest BCUT2D eigenvalue weighted by atomic mass is 35.5. The van der Waals surface area contributed by atoms with E-state index in [4.69, 9.17) is 16.3 Å². The topological polar surface area (TPSA) is 55.4 Å². The molecule has 0 heterocycles. The summed E-state index contributed by atoms with van der Waals surface area (Å²) < 4.78 is 5.52. The molecule has 0 aromatic heterocycles. The summed E-state index contributed by atoms with van der Waals surface area (Å²) in [5.74, 6) is 0.138. The summed E-state index contributed by atoms with van der Waals surface area (Å²) in [5.41, 5.74) is 3.69. The first kappa shape index (κ1) is 19.6. The van der Waals surface area contributed by atoms with Crippen molar-refractivity contribution in [2.75, 3.05) is 11.9 Å². The van der Waals surface area contributed by atoms with Gasteiger partial charge in [0.2, 0.25) is 0 Å². The number of hydrogen-bond acceptors (Lipinski definition) is 3. The quantitative estimate of drug-likeness (QED) is 0.585. The lowest BCUT2D eigenvalue weighted by Gasteiger charge is -2.12. The maximum absolute atomic E-state index is 12.4. The predicted molar refractivity (Wildman–Crippen MR) is 111 cm³/mol. The normalized spacial score (nSPS) is 10.4. The van der Waals surface area contributed by atoms with E-state index < -0.39 is 0 Å². The number of rotatable bonds is 6. The fourth-order valence-electron chi connectivity index (χ4n) is 2.86. The number of ether oxygens (including phenoxy) is 1. The van der Waals surface area contributed by atoms with Crippen LogP contribution in [0.5, 0.6) is 5.75 Å². The molecule has 5 heteroatoms. The summed E-state index contributed by atoms with van der Waals surface area (Å²) in [4.78, 5) is 24.6. The fourth-order valence-corrected chi connectivity index (χ4v) is 3.23. The molecule has 1 N–H and O–H groups in total. The van der Waals surface area contributed by atoms with Crippen molar-refractivity contribution in [1.29, 1.82) is 0 Å². The number of halogens is 1. The van der Waals surface area contributed by atoms with E-state index in [9.17, 15) is 9.59 Å². The standard InChI is InChI=1S/C23H20ClNO3/c1-15-12-16(2)22(20(24)13-15)25-21(26)14-28-19-10-8-18(9-11-19)23(27)17-6-4-3-5-7-17/h3-13H,14H2,1-2H3,(H,25,26). The van der Waals surface area contributed by atoms with Crippen molar-refractivity contribution in [3.8, 4) is 5.75 Å². The number of carbonyl (C=O) groups is 2. The molecule has 0 aliphatic rings. The Hall–Kier alpha value is -3.11. The Labute approximate surface area is 169 Å². The molecule has 0 aliphatic heterocycles. The minimum atomic E-state index is -0.307. The minimum absolute atomic E-state index is 0.0608. The van der Waals surface area contributed by atoms with Gasteiger partial charge in [-0.25, -0.2) is 0 Å². The zero-order chi connectivity index (χ0) is 20.1. The van der Waals surface area contributed by atoms with Crippen LogP contribution >= 0.6 is 11.6 Å². The number of ketones is 1. The van der Waals surface area contributed by atoms with Crippen LogP contribution in [0.15, 0.2) is 66.7 Å². The molecule has 0 saturated heterocycles. The van der Waals surface area contributed by atoms with Crippen molar-refractivity contribution in [2.45, 2.75) is 13.8 Å². The van der Waals surface area contributed by atoms with Gasteiger partial charge in [0.25, 0.3) is 5.91 Å². The van der Waals surface area contributed by atoms with E-state index in [1.165, 1.54) is 0 Å². The molecular formula is C23H20ClNO3. The van der Waals surface area contributed by atoms with Gasteiger partial charge in [0.1, 0.15) is 5.75 Å². The maximum Gasteiger partial charge on any atom is 0.262 e. The van der Waals surface area contributed by atoms with Gasteiger partial charge in [0.15, 0.2) is 12.4 Å². The van der Waals surface area contributed by atoms with Crippen LogP contribution in [0.3, 0.4) is 0 Å². The summed E-state index contributed by atoms with van der Waals surface area (Å²) in [6.45, 7) is 3.67. The van der Waals surface area contributed by atoms with Crippen LogP contribution in [-0.2, 0) is 4.79 Å². The second-order valence-corrected chi connectivity index (χ2v) is 6.90. The lowest BCUT2D eigenvalue weighted by molar-refractivity contribution is -0.118. The van der Waals surface area contributed by atoms with Crippen molar-refractivity contribution >= 4 is 29.0 Å². The summed E-state index contributed by atoms with van der Waals surface area (Å²) in [5, 5.41) is 3.27. The average molecular weight is 394 g/mol. The molecular weight excluding hydrogens is 374 g/mol. The zero-order valence-electron chi connectivity index (χ0n) is 15.7. The van der Waals surface area contributed by atoms with E-state index in [0.717, 1.165) is 11.1 Å². The van der Waals surface area contributed by atoms with Gasteiger partial charge in [-0.15, -0.1) is 0 Å². The molecule has 0 aliphatic carbocycles. The molecule has 4 nitrogen and oxygen atoms in total. The van der Waals surface area contributed by atoms with Crippen LogP contribution < -0.4 is 10.1 Å². The van der Waals surface area contributed by atoms with Crippen molar-refractivity contribution < 1.29 is 14.3 Å². The Balaban J connectivity index is 1.59. The van der Waals surface area contributed by atoms with Crippen LogP contribution in [0.2, 0.25) is 5.02 Å². The van der Waals surface area contributed by atoms with Crippen molar-refractivity contribution in [3.05, 3.63) is 94.0 Å². The molecule has 0 fully saturated rings. The van der Waals surface area contributed by atoms with E-state index in [1.807, 2.05) is 38.1 Å². The van der Waals surface area contributed by atoms with Gasteiger partial charge in [0.05, 0.1) is 10.7 Å². The summed E-state index contributed by atoms with van der Waals surface area (Å²) in [7, 11) is 0. The Morgan fingerprint density at radius 2 is 1.57 bits per heavy atom. The van der Waals surface area contributed by atoms with Crippen LogP contribution in [0.1, 0.15) is 27.0 Å². The van der Waals surface area contributed by atoms with Gasteiger partial charge in [-0.2, -0.15) is 0 Å². The second-order valence-electron chi connectivity index (χ2n) is 6.50. The predicted octanol–water partition coefficient (Wildman–Crippen LogP) is 5.21. The second kappa shape index (κ2) is 8.72. The molecule has 3 rings (SSSR count). The van der Waals surface area contributed by atoms with Gasteiger partial charge in [-0.05, 0) is 55.3 Å². The SMILES string of the molecule is Cc1cc(C)c(NC(=O)COc2ccc(C(=O)c3ccccc3)cc2)c(Cl)c1. The van der Waals surface area contributed by atoms with E-state index in [1.54, 1.807) is 42.5 Å². The number of aryl methyl sites for hydroxylation is 2. The lowest BCUT2D eigenvalue weighted by atomic mass is 10.0. The van der Waals surface area contributed by atoms with Crippen LogP contribution in [0.4, 0.5) is 5.69 Å². The number of benzene rings is 3. The highest BCUT2D eigenvalue weighted by Crippen LogP contribution is 2.27. The summed E-state index contributed by atoms with van der Waals surface area (Å²) in [6, 6.07) is 19.5. The molecule has 0 spiro atoms. The molecule has 3 aromatic rings. The first-order valence-electron chi connectivity index (χ1n) is 8.83. The number of anilines is 1. The van der Waals surface area contributed by atoms with E-state index in [0.29, 0.717) is 27.6 Å². The van der Waals surface area contributed by atoms with E-state index in [-0.39, 0.29) is 18.3 Å². The third-order valence-corrected chi connectivity index (χ3v) is 4.52. The molecule has 0 saturated carbocycles. The number of amides is 1. The lowest BCUT2D eigenvalue weighted by Crippen LogP contribution is -2.21. The fraction of sp³-hybridized carbons (Fsp3) is 0.130. The Kier molecular flexibility index (Phi) is 6.12. The Bertz CT molecular complexity index is 975. The number of carbonyl (C=O) groups excluding carboxylic acids is 2. The molecule has 142 valence electrons. The first-order valence-corrected chi connectivity index (χ1v) is 9.21. The molecule has 0 unspecified atom stereocenters. The Morgan fingerprint density at radius 3 is 2.21 bits per heavy atom. The number of hydrogen-bond donors (Lipinski definition) is 1. The number of nitrogens with one attached hydrogen (secondary N) is 1. The van der Waals surface area contributed by atoms with Crippen molar-refractivity contribution in [1.82, 2.24) is 0 Å². The van der Waals surface area contributed by atoms with Gasteiger partial charge in [-0.3, -0.25) is 9.59 Å². The van der Waals surface area contributed by atoms with Crippen molar-refractivity contribution in [3.63, 3.8) is 0 Å². The third kappa shape index (κ3) is 4.78. The Morgan fingerprint density at radius 1 is 0.929 bits per heavy atom. The van der Waals surface area contributed by atoms with E-state index >= 15 is 0 Å². The maximum atomic E-state index is 12.4. The first-order chi connectivity index (χ1) is 13.4. The van der Waals surface area contributed by atoms with Gasteiger partial charge >= 0.3 is 0 Å². The average Bonchev–Trinajstić information content (AvgIpc) is 2.69. The van der Waals surface area contributed by atoms with E-state index in [2.05, 4.69) is 5.32 Å². The highest BCUT2D eigenvalue weighted by Gasteiger charge is 2.11. The monoisotopic (exact) mass is 393 g/mol. The summed E-state index contributed by atoms with van der Waals surface area (Å²) >= 11 is 6.21. The van der Waals surface area contributed by atoms with Crippen LogP contribution in [-0.4, -0.2) is 18.3 Å². The minimum Gasteiger partial charge on any atom is -0.484 e. The van der Waals surface area contributed by atoms with Crippen LogP contribution in [0.25, 0.3) is 0 Å². The molecule has 0 atom stereocenters. The molecule has 28 heavy (non-hydrogen) atoms. The van der Waals surface area contributed by atoms with Gasteiger partial charge in [0, 0.05) is 11.1 Å². The summed E-state index contributed by atoms with van der Waals surface area (Å²) in [6.07, 6.45) is 0. The van der Waals surface area contributed by atoms with Crippen LogP contribution in [0, 0.1) is 13.8 Å². The zero-order valence-corrected chi connectivity index (χ0v) is 16.4. The third-order valence-electron chi connectivity index (χ3n) is 4.22. The van der Waals surface area contributed by atoms with Gasteiger partial charge in [-0.1, -0.05) is 48.0 Å². The molecule has 0 bridgehead atoms. The largest absolute Gasteiger partial charge is 0.484 e. The molecule has 1 amide bonds. The van der Waals surface area contributed by atoms with Crippen molar-refractivity contribution in [2.24, 2.45) is 0 Å². The smallest absolute Gasteiger partial charge is 0.262 e. The molecule has 0 radical (unpaired) electrons. The highest BCUT2D eigenvalue weighted by molar-refractivity contribution is 6.34. The molecule has 3 aromatic carbocycles.